The van der Waals surface area contributed by atoms with Crippen molar-refractivity contribution < 1.29 is 34.1 Å². The summed E-state index contributed by atoms with van der Waals surface area (Å²) in [5.74, 6) is 1.32. The molecule has 0 aliphatic carbocycles. The predicted molar refractivity (Wildman–Crippen MR) is 201 cm³/mol. The fraction of sp³-hybridized carbons (Fsp3) is 0.250. The van der Waals surface area contributed by atoms with Crippen LogP contribution >= 0.6 is 34.8 Å². The monoisotopic (exact) mass is 746 g/mol. The normalized spacial score (nSPS) is 11.7. The summed E-state index contributed by atoms with van der Waals surface area (Å²) < 4.78 is 10.6. The second-order valence-corrected chi connectivity index (χ2v) is 11.8. The Morgan fingerprint density at radius 2 is 1.30 bits per heavy atom. The lowest BCUT2D eigenvalue weighted by Crippen LogP contribution is -2.25. The number of amides is 2. The van der Waals surface area contributed by atoms with Gasteiger partial charge in [0.2, 0.25) is 11.1 Å². The molecule has 7 N–H and O–H groups in total. The summed E-state index contributed by atoms with van der Waals surface area (Å²) >= 11 is 14.8. The van der Waals surface area contributed by atoms with Crippen molar-refractivity contribution >= 4 is 74.6 Å². The van der Waals surface area contributed by atoms with Crippen molar-refractivity contribution in [3.8, 4) is 23.0 Å². The molecular formula is C36H41Cl3N4O7. The van der Waals surface area contributed by atoms with Gasteiger partial charge in [0.05, 0.1) is 28.6 Å². The number of aryl methyl sites for hydroxylation is 4. The lowest BCUT2D eigenvalue weighted by atomic mass is 10.2. The first kappa shape index (κ1) is 41.3. The molecule has 14 heteroatoms. The summed E-state index contributed by atoms with van der Waals surface area (Å²) in [6, 6.07) is 22.1. The molecule has 2 heterocycles. The Bertz CT molecular complexity index is 1760. The Morgan fingerprint density at radius 1 is 0.780 bits per heavy atom. The summed E-state index contributed by atoms with van der Waals surface area (Å²) in [4.78, 5) is 31.2. The second-order valence-electron chi connectivity index (χ2n) is 10.9. The SMILES string of the molecule is Cc1ccc(N)c(O)c1.Cc1ccc(NC(=O)CCl)c(O)c1.Cc1ccc2c(c1)OCC(=O)N2.Cc1ccc2c(c1)OCCN2.O=C(Cl)CCl. The number of carbonyl (C=O) groups excluding carboxylic acids is 3. The number of carbonyl (C=O) groups is 3. The summed E-state index contributed by atoms with van der Waals surface area (Å²) in [7, 11) is 0. The maximum absolute atomic E-state index is 10.9. The van der Waals surface area contributed by atoms with Gasteiger partial charge in [0, 0.05) is 6.54 Å². The Labute approximate surface area is 306 Å². The smallest absolute Gasteiger partial charge is 0.262 e. The highest BCUT2D eigenvalue weighted by molar-refractivity contribution is 6.67. The molecule has 0 unspecified atom stereocenters. The average Bonchev–Trinajstić information content (AvgIpc) is 3.09. The van der Waals surface area contributed by atoms with Crippen molar-refractivity contribution in [1.82, 2.24) is 0 Å². The Morgan fingerprint density at radius 3 is 1.84 bits per heavy atom. The number of fused-ring (bicyclic) bond motifs is 2. The molecule has 11 nitrogen and oxygen atoms in total. The lowest BCUT2D eigenvalue weighted by molar-refractivity contribution is -0.118. The minimum Gasteiger partial charge on any atom is -0.506 e. The molecule has 0 saturated carbocycles. The molecule has 268 valence electrons. The van der Waals surface area contributed by atoms with Gasteiger partial charge in [0.1, 0.15) is 35.5 Å². The van der Waals surface area contributed by atoms with E-state index in [0.29, 0.717) is 11.4 Å². The zero-order valence-corrected chi connectivity index (χ0v) is 30.4. The summed E-state index contributed by atoms with van der Waals surface area (Å²) in [6.45, 7) is 9.62. The zero-order chi connectivity index (χ0) is 37.2. The third kappa shape index (κ3) is 15.1. The molecule has 2 aliphatic rings. The van der Waals surface area contributed by atoms with Crippen molar-refractivity contribution in [2.75, 3.05) is 53.2 Å². The molecule has 0 fully saturated rings. The molecule has 2 aliphatic heterocycles. The third-order valence-corrected chi connectivity index (χ3v) is 7.18. The Hall–Kier alpha value is -4.84. The second kappa shape index (κ2) is 21.3. The predicted octanol–water partition coefficient (Wildman–Crippen LogP) is 7.28. The third-order valence-electron chi connectivity index (χ3n) is 6.42. The number of alkyl halides is 2. The number of aromatic hydroxyl groups is 2. The molecule has 0 saturated heterocycles. The van der Waals surface area contributed by atoms with Crippen LogP contribution in [0, 0.1) is 27.7 Å². The van der Waals surface area contributed by atoms with Crippen LogP contribution in [0.5, 0.6) is 23.0 Å². The van der Waals surface area contributed by atoms with E-state index in [1.807, 2.05) is 45.0 Å². The number of halogens is 3. The minimum absolute atomic E-state index is 0.0541. The van der Waals surface area contributed by atoms with E-state index in [-0.39, 0.29) is 41.7 Å². The highest BCUT2D eigenvalue weighted by Gasteiger charge is 2.14. The van der Waals surface area contributed by atoms with Gasteiger partial charge in [-0.15, -0.1) is 23.2 Å². The van der Waals surface area contributed by atoms with E-state index in [2.05, 4.69) is 41.1 Å². The minimum atomic E-state index is -0.508. The number of hydrogen-bond donors (Lipinski definition) is 6. The molecule has 0 spiro atoms. The van der Waals surface area contributed by atoms with Crippen LogP contribution in [0.3, 0.4) is 0 Å². The molecule has 6 rings (SSSR count). The molecule has 2 amide bonds. The maximum atomic E-state index is 10.9. The maximum Gasteiger partial charge on any atom is 0.262 e. The Kier molecular flexibility index (Phi) is 17.6. The van der Waals surface area contributed by atoms with E-state index in [9.17, 15) is 19.5 Å². The first-order valence-corrected chi connectivity index (χ1v) is 16.6. The van der Waals surface area contributed by atoms with E-state index in [0.717, 1.165) is 52.7 Å². The van der Waals surface area contributed by atoms with Gasteiger partial charge in [-0.1, -0.05) is 24.3 Å². The van der Waals surface area contributed by atoms with Gasteiger partial charge in [-0.2, -0.15) is 0 Å². The number of nitrogen functional groups attached to an aromatic ring is 1. The zero-order valence-electron chi connectivity index (χ0n) is 28.1. The number of phenols is 2. The van der Waals surface area contributed by atoms with Gasteiger partial charge in [-0.3, -0.25) is 14.4 Å². The number of hydrogen-bond acceptors (Lipinski definition) is 9. The quantitative estimate of drug-likeness (QED) is 0.0545. The Balaban J connectivity index is 0.000000223. The fourth-order valence-corrected chi connectivity index (χ4v) is 4.08. The topological polar surface area (TPSA) is 172 Å². The van der Waals surface area contributed by atoms with Crippen LogP contribution in [0.1, 0.15) is 22.3 Å². The molecule has 0 atom stereocenters. The van der Waals surface area contributed by atoms with Crippen LogP contribution in [0.25, 0.3) is 0 Å². The number of nitrogens with one attached hydrogen (secondary N) is 3. The largest absolute Gasteiger partial charge is 0.506 e. The van der Waals surface area contributed by atoms with Crippen LogP contribution in [-0.4, -0.2) is 58.8 Å². The molecule has 0 radical (unpaired) electrons. The van der Waals surface area contributed by atoms with Gasteiger partial charge >= 0.3 is 0 Å². The standard InChI is InChI=1S/C9H10ClNO2.C9H9NO2.C9H11NO.C7H9NO.C2H2Cl2O/c1-6-2-3-7(8(12)4-6)11-9(13)5-10;1-6-2-3-7-8(4-6)12-5-9(11)10-7;1-7-2-3-8-9(6-7)11-5-4-10-8;1-5-2-3-6(8)7(9)4-5;3-1-2(4)5/h2-4,12H,5H2,1H3,(H,11,13);2-4H,5H2,1H3,(H,10,11);2-3,6,10H,4-5H2,1H3;2-4,9H,8H2,1H3;1H2. The number of anilines is 4. The summed E-state index contributed by atoms with van der Waals surface area (Å²) in [5, 5.41) is 26.3. The van der Waals surface area contributed by atoms with Crippen LogP contribution in [-0.2, 0) is 14.4 Å². The van der Waals surface area contributed by atoms with E-state index in [1.54, 1.807) is 30.3 Å². The van der Waals surface area contributed by atoms with Crippen LogP contribution in [0.2, 0.25) is 0 Å². The van der Waals surface area contributed by atoms with E-state index >= 15 is 0 Å². The molecule has 0 aromatic heterocycles. The number of ether oxygens (including phenoxy) is 2. The highest BCUT2D eigenvalue weighted by Crippen LogP contribution is 2.29. The van der Waals surface area contributed by atoms with Gasteiger partial charge in [0.25, 0.3) is 5.91 Å². The average molecular weight is 748 g/mol. The molecule has 4 aromatic carbocycles. The number of rotatable bonds is 3. The van der Waals surface area contributed by atoms with Crippen molar-refractivity contribution in [3.05, 3.63) is 95.1 Å². The molecular weight excluding hydrogens is 707 g/mol. The van der Waals surface area contributed by atoms with Gasteiger partial charge in [0.15, 0.2) is 6.61 Å². The van der Waals surface area contributed by atoms with Crippen molar-refractivity contribution in [1.29, 1.82) is 0 Å². The van der Waals surface area contributed by atoms with Crippen LogP contribution in [0.4, 0.5) is 22.7 Å². The number of phenolic OH excluding ortho intramolecular Hbond substituents is 2. The first-order chi connectivity index (χ1) is 23.7. The first-order valence-electron chi connectivity index (χ1n) is 15.2. The van der Waals surface area contributed by atoms with Gasteiger partial charge < -0.3 is 41.4 Å². The summed E-state index contributed by atoms with van der Waals surface area (Å²) in [6.07, 6.45) is 0. The molecule has 0 bridgehead atoms. The number of benzene rings is 4. The highest BCUT2D eigenvalue weighted by atomic mass is 35.5. The molecule has 50 heavy (non-hydrogen) atoms. The van der Waals surface area contributed by atoms with Crippen molar-refractivity contribution in [2.45, 2.75) is 27.7 Å². The van der Waals surface area contributed by atoms with Crippen molar-refractivity contribution in [2.24, 2.45) is 0 Å². The van der Waals surface area contributed by atoms with E-state index in [1.165, 1.54) is 5.56 Å². The van der Waals surface area contributed by atoms with E-state index in [4.69, 9.17) is 55.1 Å². The molecule has 4 aromatic rings. The van der Waals surface area contributed by atoms with E-state index < -0.39 is 5.24 Å². The van der Waals surface area contributed by atoms with Gasteiger partial charge in [-0.25, -0.2) is 0 Å². The van der Waals surface area contributed by atoms with Crippen LogP contribution < -0.4 is 31.2 Å². The fourth-order valence-electron chi connectivity index (χ4n) is 4.01. The number of nitrogens with two attached hydrogens (primary N) is 1. The lowest BCUT2D eigenvalue weighted by Gasteiger charge is -2.18. The van der Waals surface area contributed by atoms with Crippen LogP contribution in [0.15, 0.2) is 72.8 Å². The van der Waals surface area contributed by atoms with Crippen molar-refractivity contribution in [3.63, 3.8) is 0 Å². The van der Waals surface area contributed by atoms with Gasteiger partial charge in [-0.05, 0) is 110 Å². The summed E-state index contributed by atoms with van der Waals surface area (Å²) in [5.41, 5.74) is 12.3.